The molecule has 2 aromatic rings. The summed E-state index contributed by atoms with van der Waals surface area (Å²) in [5.74, 6) is -1.13. The third-order valence-electron chi connectivity index (χ3n) is 4.01. The second kappa shape index (κ2) is 6.69. The van der Waals surface area contributed by atoms with E-state index in [-0.39, 0.29) is 18.2 Å². The molecule has 12 heteroatoms. The summed E-state index contributed by atoms with van der Waals surface area (Å²) < 4.78 is 17.6. The summed E-state index contributed by atoms with van der Waals surface area (Å²) in [4.78, 5) is 38.2. The minimum atomic E-state index is -1.69. The Morgan fingerprint density at radius 3 is 2.78 bits per heavy atom. The zero-order valence-corrected chi connectivity index (χ0v) is 14.6. The van der Waals surface area contributed by atoms with Crippen molar-refractivity contribution in [3.8, 4) is 0 Å². The maximum atomic E-state index is 11.5. The quantitative estimate of drug-likeness (QED) is 0.550. The molecule has 0 unspecified atom stereocenters. The summed E-state index contributed by atoms with van der Waals surface area (Å²) in [6.45, 7) is 9.57. The molecule has 27 heavy (non-hydrogen) atoms. The minimum Gasteiger partial charge on any atom is -0.454 e. The van der Waals surface area contributed by atoms with E-state index < -0.39 is 36.6 Å². The van der Waals surface area contributed by atoms with Gasteiger partial charge in [-0.3, -0.25) is 23.7 Å². The Bertz CT molecular complexity index is 952. The third-order valence-corrected chi connectivity index (χ3v) is 4.01. The number of hydrogen-bond donors (Lipinski definition) is 2. The molecule has 1 aliphatic rings. The first-order valence-corrected chi connectivity index (χ1v) is 7.88. The van der Waals surface area contributed by atoms with E-state index in [1.165, 1.54) is 24.7 Å². The molecule has 1 aliphatic heterocycles. The summed E-state index contributed by atoms with van der Waals surface area (Å²) in [5.41, 5.74) is 10.4. The normalized spacial score (nSPS) is 24.5. The number of nitrogens with zero attached hydrogens (tertiary/aromatic N) is 5. The Labute approximate surface area is 153 Å². The van der Waals surface area contributed by atoms with Crippen molar-refractivity contribution in [2.45, 2.75) is 38.3 Å². The maximum absolute atomic E-state index is 11.5. The second-order valence-corrected chi connectivity index (χ2v) is 5.93. The fourth-order valence-corrected chi connectivity index (χ4v) is 2.87. The summed E-state index contributed by atoms with van der Waals surface area (Å²) in [5, 5.41) is 0. The second-order valence-electron chi connectivity index (χ2n) is 5.93. The van der Waals surface area contributed by atoms with Crippen LogP contribution in [0.4, 0.5) is 11.8 Å². The highest BCUT2D eigenvalue weighted by Crippen LogP contribution is 2.41. The van der Waals surface area contributed by atoms with Crippen molar-refractivity contribution in [1.29, 1.82) is 0 Å². The number of rotatable bonds is 4. The molecule has 4 N–H and O–H groups in total. The lowest BCUT2D eigenvalue weighted by Gasteiger charge is -2.21. The topological polar surface area (TPSA) is 162 Å². The number of carbonyl (C=O) groups excluding carboxylic acids is 2. The van der Waals surface area contributed by atoms with Gasteiger partial charge in [0.05, 0.1) is 6.33 Å². The zero-order chi connectivity index (χ0) is 19.8. The van der Waals surface area contributed by atoms with Crippen molar-refractivity contribution in [1.82, 2.24) is 19.5 Å². The molecular weight excluding hydrogens is 358 g/mol. The number of esters is 2. The van der Waals surface area contributed by atoms with Gasteiger partial charge >= 0.3 is 17.7 Å². The Hall–Kier alpha value is -3.46. The summed E-state index contributed by atoms with van der Waals surface area (Å²) in [7, 11) is 0. The highest BCUT2D eigenvalue weighted by molar-refractivity contribution is 5.82. The standard InChI is InChI=1S/C15H17N7O5/c1-7(23)25-5-15(18-3)9(26-8(2)24)4-10(27-15)22-6-19-11-12(16)20-14(17)21-13(11)22/h6,9-10H,4-5H2,1-2H3,(H4,16,17,20,21)/t9-,10-,15-/m1/s1. The molecule has 0 spiro atoms. The van der Waals surface area contributed by atoms with Gasteiger partial charge in [-0.25, -0.2) is 11.6 Å². The Kier molecular flexibility index (Phi) is 4.54. The van der Waals surface area contributed by atoms with E-state index in [1.807, 2.05) is 0 Å². The summed E-state index contributed by atoms with van der Waals surface area (Å²) >= 11 is 0. The first-order chi connectivity index (χ1) is 12.8. The number of fused-ring (bicyclic) bond motifs is 1. The zero-order valence-electron chi connectivity index (χ0n) is 14.6. The van der Waals surface area contributed by atoms with Crippen LogP contribution >= 0.6 is 0 Å². The molecule has 1 fully saturated rings. The van der Waals surface area contributed by atoms with Gasteiger partial charge in [0.2, 0.25) is 18.7 Å². The van der Waals surface area contributed by atoms with Gasteiger partial charge in [-0.1, -0.05) is 0 Å². The average Bonchev–Trinajstić information content (AvgIpc) is 3.14. The molecule has 1 saturated heterocycles. The van der Waals surface area contributed by atoms with Crippen LogP contribution in [-0.4, -0.2) is 49.9 Å². The molecule has 12 nitrogen and oxygen atoms in total. The summed E-state index contributed by atoms with van der Waals surface area (Å²) in [6, 6.07) is 0. The predicted octanol–water partition coefficient (Wildman–Crippen LogP) is 0.0200. The van der Waals surface area contributed by atoms with E-state index in [0.717, 1.165) is 0 Å². The molecule has 2 aromatic heterocycles. The Balaban J connectivity index is 1.99. The first-order valence-electron chi connectivity index (χ1n) is 7.88. The lowest BCUT2D eigenvalue weighted by molar-refractivity contribution is -0.166. The monoisotopic (exact) mass is 375 g/mol. The highest BCUT2D eigenvalue weighted by atomic mass is 16.6. The fourth-order valence-electron chi connectivity index (χ4n) is 2.87. The number of imidazole rings is 1. The van der Waals surface area contributed by atoms with Crippen LogP contribution in [0.5, 0.6) is 0 Å². The van der Waals surface area contributed by atoms with Gasteiger partial charge in [0.25, 0.3) is 0 Å². The van der Waals surface area contributed by atoms with Crippen molar-refractivity contribution < 1.29 is 23.8 Å². The predicted molar refractivity (Wildman–Crippen MR) is 90.4 cm³/mol. The van der Waals surface area contributed by atoms with Crippen molar-refractivity contribution in [2.75, 3.05) is 18.1 Å². The number of hydrogen-bond acceptors (Lipinski definition) is 10. The number of ether oxygens (including phenoxy) is 3. The van der Waals surface area contributed by atoms with Gasteiger partial charge in [0.1, 0.15) is 11.7 Å². The van der Waals surface area contributed by atoms with Gasteiger partial charge in [0.15, 0.2) is 11.5 Å². The Morgan fingerprint density at radius 2 is 2.15 bits per heavy atom. The van der Waals surface area contributed by atoms with E-state index in [2.05, 4.69) is 19.8 Å². The minimum absolute atomic E-state index is 0.0485. The molecule has 0 bridgehead atoms. The summed E-state index contributed by atoms with van der Waals surface area (Å²) in [6.07, 6.45) is -0.224. The van der Waals surface area contributed by atoms with Crippen LogP contribution in [0.15, 0.2) is 6.33 Å². The average molecular weight is 375 g/mol. The van der Waals surface area contributed by atoms with Crippen molar-refractivity contribution in [3.63, 3.8) is 0 Å². The number of anilines is 2. The molecule has 0 aliphatic carbocycles. The number of carbonyl (C=O) groups is 2. The Morgan fingerprint density at radius 1 is 1.41 bits per heavy atom. The molecule has 3 heterocycles. The van der Waals surface area contributed by atoms with E-state index in [4.69, 9.17) is 32.3 Å². The number of nitrogen functional groups attached to an aromatic ring is 2. The van der Waals surface area contributed by atoms with Crippen molar-refractivity contribution in [3.05, 3.63) is 17.7 Å². The van der Waals surface area contributed by atoms with Crippen LogP contribution in [0.25, 0.3) is 16.0 Å². The van der Waals surface area contributed by atoms with Crippen LogP contribution in [0.1, 0.15) is 26.5 Å². The lowest BCUT2D eigenvalue weighted by atomic mass is 10.1. The van der Waals surface area contributed by atoms with E-state index in [1.54, 1.807) is 0 Å². The SMILES string of the molecule is [C-]#[N+][C@]1(COC(C)=O)O[C@@H](n2cnc3c(N)nc(N)nc32)C[C@H]1OC(C)=O. The molecule has 0 saturated carbocycles. The molecule has 3 rings (SSSR count). The largest absolute Gasteiger partial charge is 0.454 e. The van der Waals surface area contributed by atoms with Crippen molar-refractivity contribution >= 4 is 34.9 Å². The third kappa shape index (κ3) is 3.32. The van der Waals surface area contributed by atoms with Crippen LogP contribution < -0.4 is 11.5 Å². The molecule has 3 atom stereocenters. The van der Waals surface area contributed by atoms with E-state index in [9.17, 15) is 9.59 Å². The lowest BCUT2D eigenvalue weighted by Crippen LogP contribution is -2.43. The maximum Gasteiger partial charge on any atom is 0.409 e. The van der Waals surface area contributed by atoms with Gasteiger partial charge in [-0.15, -0.1) is 0 Å². The van der Waals surface area contributed by atoms with Gasteiger partial charge in [-0.2, -0.15) is 9.97 Å². The van der Waals surface area contributed by atoms with Crippen LogP contribution in [0, 0.1) is 6.57 Å². The smallest absolute Gasteiger partial charge is 0.409 e. The molecule has 0 aromatic carbocycles. The van der Waals surface area contributed by atoms with Gasteiger partial charge < -0.3 is 20.9 Å². The van der Waals surface area contributed by atoms with Crippen molar-refractivity contribution in [2.24, 2.45) is 0 Å². The highest BCUT2D eigenvalue weighted by Gasteiger charge is 2.59. The molecule has 0 radical (unpaired) electrons. The molecule has 142 valence electrons. The molecular formula is C15H17N7O5. The van der Waals surface area contributed by atoms with E-state index >= 15 is 0 Å². The molecule has 0 amide bonds. The van der Waals surface area contributed by atoms with Gasteiger partial charge in [0, 0.05) is 20.3 Å². The number of nitrogens with two attached hydrogens (primary N) is 2. The van der Waals surface area contributed by atoms with Gasteiger partial charge in [-0.05, 0) is 0 Å². The first kappa shape index (κ1) is 18.3. The fraction of sp³-hybridized carbons (Fsp3) is 0.467. The number of aromatic nitrogens is 4. The van der Waals surface area contributed by atoms with Crippen LogP contribution in [0.2, 0.25) is 0 Å². The van der Waals surface area contributed by atoms with Crippen LogP contribution in [-0.2, 0) is 23.8 Å². The van der Waals surface area contributed by atoms with Crippen LogP contribution in [0.3, 0.4) is 0 Å². The van der Waals surface area contributed by atoms with E-state index in [0.29, 0.717) is 11.2 Å².